The Bertz CT molecular complexity index is 927. The number of nitrogens with zero attached hydrogens (tertiary/aromatic N) is 7. The monoisotopic (exact) mass is 418 g/mol. The van der Waals surface area contributed by atoms with Crippen LogP contribution in [-0.4, -0.2) is 77.6 Å². The molecule has 0 radical (unpaired) electrons. The summed E-state index contributed by atoms with van der Waals surface area (Å²) in [6.45, 7) is 5.72. The van der Waals surface area contributed by atoms with Gasteiger partial charge in [0.15, 0.2) is 16.8 Å². The fourth-order valence-corrected chi connectivity index (χ4v) is 4.65. The number of aromatic amines is 1. The number of thiophene rings is 1. The minimum Gasteiger partial charge on any atom is -0.339 e. The standard InChI is InChI=1S/C17H22N8OS2/c1-12-18-14(20-19-12)10-24-5-7-25(8-6-24)15(26)11-28-17-22-21-16(23(17)2)13-4-3-9-27-13/h3-4,9H,5-8,10-11H2,1-2H3,(H,18,19,20). The van der Waals surface area contributed by atoms with Gasteiger partial charge in [-0.3, -0.25) is 14.8 Å². The van der Waals surface area contributed by atoms with Gasteiger partial charge in [0.25, 0.3) is 0 Å². The number of piperazine rings is 1. The molecule has 0 saturated carbocycles. The Morgan fingerprint density at radius 2 is 2.11 bits per heavy atom. The predicted octanol–water partition coefficient (Wildman–Crippen LogP) is 1.41. The van der Waals surface area contributed by atoms with Gasteiger partial charge in [0.1, 0.15) is 5.82 Å². The quantitative estimate of drug-likeness (QED) is 0.605. The Morgan fingerprint density at radius 3 is 2.79 bits per heavy atom. The molecule has 148 valence electrons. The normalized spacial score (nSPS) is 15.3. The second-order valence-corrected chi connectivity index (χ2v) is 8.52. The van der Waals surface area contributed by atoms with E-state index in [-0.39, 0.29) is 5.91 Å². The fourth-order valence-electron chi connectivity index (χ4n) is 3.09. The summed E-state index contributed by atoms with van der Waals surface area (Å²) in [5.41, 5.74) is 0. The van der Waals surface area contributed by atoms with E-state index < -0.39 is 0 Å². The van der Waals surface area contributed by atoms with Crippen LogP contribution in [0.25, 0.3) is 10.7 Å². The maximum absolute atomic E-state index is 12.6. The molecular weight excluding hydrogens is 396 g/mol. The van der Waals surface area contributed by atoms with Crippen molar-refractivity contribution in [2.75, 3.05) is 31.9 Å². The first-order valence-electron chi connectivity index (χ1n) is 9.04. The third-order valence-electron chi connectivity index (χ3n) is 4.63. The largest absolute Gasteiger partial charge is 0.339 e. The van der Waals surface area contributed by atoms with Crippen LogP contribution < -0.4 is 0 Å². The smallest absolute Gasteiger partial charge is 0.233 e. The molecule has 0 unspecified atom stereocenters. The molecule has 0 aliphatic carbocycles. The van der Waals surface area contributed by atoms with E-state index in [2.05, 4.69) is 30.3 Å². The van der Waals surface area contributed by atoms with Crippen molar-refractivity contribution in [1.29, 1.82) is 0 Å². The molecule has 1 amide bonds. The molecule has 3 aromatic rings. The molecule has 0 spiro atoms. The highest BCUT2D eigenvalue weighted by Crippen LogP contribution is 2.26. The van der Waals surface area contributed by atoms with Crippen molar-refractivity contribution in [3.05, 3.63) is 29.2 Å². The first-order valence-corrected chi connectivity index (χ1v) is 10.9. The minimum absolute atomic E-state index is 0.138. The minimum atomic E-state index is 0.138. The number of nitrogens with one attached hydrogen (secondary N) is 1. The van der Waals surface area contributed by atoms with E-state index in [1.165, 1.54) is 11.8 Å². The Morgan fingerprint density at radius 1 is 1.29 bits per heavy atom. The van der Waals surface area contributed by atoms with E-state index in [0.29, 0.717) is 12.3 Å². The average molecular weight is 419 g/mol. The van der Waals surface area contributed by atoms with Crippen molar-refractivity contribution >= 4 is 29.0 Å². The maximum Gasteiger partial charge on any atom is 0.233 e. The molecule has 9 nitrogen and oxygen atoms in total. The number of thioether (sulfide) groups is 1. The van der Waals surface area contributed by atoms with Crippen LogP contribution in [0.1, 0.15) is 11.6 Å². The van der Waals surface area contributed by atoms with Gasteiger partial charge in [-0.05, 0) is 18.4 Å². The number of hydrogen-bond acceptors (Lipinski definition) is 8. The Hall–Kier alpha value is -2.24. The lowest BCUT2D eigenvalue weighted by Gasteiger charge is -2.34. The number of hydrogen-bond donors (Lipinski definition) is 1. The first-order chi connectivity index (χ1) is 13.6. The number of aryl methyl sites for hydroxylation is 1. The Labute approximate surface area is 171 Å². The van der Waals surface area contributed by atoms with Gasteiger partial charge in [-0.15, -0.1) is 21.5 Å². The van der Waals surface area contributed by atoms with E-state index in [0.717, 1.165) is 53.7 Å². The molecule has 3 aromatic heterocycles. The van der Waals surface area contributed by atoms with E-state index in [1.54, 1.807) is 11.3 Å². The van der Waals surface area contributed by atoms with Crippen molar-refractivity contribution in [1.82, 2.24) is 39.7 Å². The summed E-state index contributed by atoms with van der Waals surface area (Å²) in [4.78, 5) is 22.2. The van der Waals surface area contributed by atoms with Crippen LogP contribution in [0.3, 0.4) is 0 Å². The highest BCUT2D eigenvalue weighted by Gasteiger charge is 2.23. The summed E-state index contributed by atoms with van der Waals surface area (Å²) >= 11 is 3.07. The second-order valence-electron chi connectivity index (χ2n) is 6.63. The van der Waals surface area contributed by atoms with Crippen LogP contribution in [0.5, 0.6) is 0 Å². The molecular formula is C17H22N8OS2. The highest BCUT2D eigenvalue weighted by atomic mass is 32.2. The van der Waals surface area contributed by atoms with E-state index >= 15 is 0 Å². The van der Waals surface area contributed by atoms with Crippen LogP contribution in [-0.2, 0) is 18.4 Å². The molecule has 11 heteroatoms. The Balaban J connectivity index is 1.26. The summed E-state index contributed by atoms with van der Waals surface area (Å²) in [7, 11) is 1.94. The molecule has 28 heavy (non-hydrogen) atoms. The van der Waals surface area contributed by atoms with Gasteiger partial charge in [-0.2, -0.15) is 5.10 Å². The van der Waals surface area contributed by atoms with Crippen molar-refractivity contribution in [3.8, 4) is 10.7 Å². The molecule has 1 fully saturated rings. The molecule has 4 rings (SSSR count). The highest BCUT2D eigenvalue weighted by molar-refractivity contribution is 7.99. The second kappa shape index (κ2) is 8.41. The van der Waals surface area contributed by atoms with Crippen LogP contribution >= 0.6 is 23.1 Å². The predicted molar refractivity (Wildman–Crippen MR) is 108 cm³/mol. The third-order valence-corrected chi connectivity index (χ3v) is 6.51. The number of aromatic nitrogens is 6. The SMILES string of the molecule is Cc1nc(CN2CCN(C(=O)CSc3nnc(-c4cccs4)n3C)CC2)n[nH]1. The van der Waals surface area contributed by atoms with Crippen molar-refractivity contribution < 1.29 is 4.79 Å². The molecule has 1 aliphatic heterocycles. The van der Waals surface area contributed by atoms with Crippen LogP contribution in [0.2, 0.25) is 0 Å². The van der Waals surface area contributed by atoms with Gasteiger partial charge >= 0.3 is 0 Å². The first kappa shape index (κ1) is 19.1. The molecule has 1 saturated heterocycles. The van der Waals surface area contributed by atoms with Gasteiger partial charge in [-0.25, -0.2) is 4.98 Å². The fraction of sp³-hybridized carbons (Fsp3) is 0.471. The zero-order valence-electron chi connectivity index (χ0n) is 15.8. The maximum atomic E-state index is 12.6. The van der Waals surface area contributed by atoms with Crippen LogP contribution in [0, 0.1) is 6.92 Å². The molecule has 0 bridgehead atoms. The van der Waals surface area contributed by atoms with Gasteiger partial charge in [0.2, 0.25) is 5.91 Å². The number of carbonyl (C=O) groups excluding carboxylic acids is 1. The van der Waals surface area contributed by atoms with Gasteiger partial charge in [0.05, 0.1) is 17.2 Å². The topological polar surface area (TPSA) is 95.8 Å². The van der Waals surface area contributed by atoms with Gasteiger partial charge < -0.3 is 9.47 Å². The van der Waals surface area contributed by atoms with E-state index in [9.17, 15) is 4.79 Å². The number of rotatable bonds is 6. The average Bonchev–Trinajstić information content (AvgIpc) is 3.43. The molecule has 1 aliphatic rings. The Kier molecular flexibility index (Phi) is 5.74. The lowest BCUT2D eigenvalue weighted by atomic mass is 10.3. The number of amides is 1. The zero-order valence-corrected chi connectivity index (χ0v) is 17.5. The number of H-pyrrole nitrogens is 1. The summed E-state index contributed by atoms with van der Waals surface area (Å²) in [6.07, 6.45) is 0. The summed E-state index contributed by atoms with van der Waals surface area (Å²) < 4.78 is 1.95. The van der Waals surface area contributed by atoms with Crippen LogP contribution in [0.15, 0.2) is 22.7 Å². The van der Waals surface area contributed by atoms with E-state index in [4.69, 9.17) is 0 Å². The van der Waals surface area contributed by atoms with E-state index in [1.807, 2.05) is 41.0 Å². The molecule has 4 heterocycles. The molecule has 0 aromatic carbocycles. The van der Waals surface area contributed by atoms with Crippen molar-refractivity contribution in [2.45, 2.75) is 18.6 Å². The van der Waals surface area contributed by atoms with Gasteiger partial charge in [0, 0.05) is 33.2 Å². The van der Waals surface area contributed by atoms with Crippen LogP contribution in [0.4, 0.5) is 0 Å². The zero-order chi connectivity index (χ0) is 19.5. The summed E-state index contributed by atoms with van der Waals surface area (Å²) in [5.74, 6) is 2.97. The summed E-state index contributed by atoms with van der Waals surface area (Å²) in [6, 6.07) is 4.02. The van der Waals surface area contributed by atoms with Crippen molar-refractivity contribution in [3.63, 3.8) is 0 Å². The lowest BCUT2D eigenvalue weighted by molar-refractivity contribution is -0.130. The van der Waals surface area contributed by atoms with Crippen molar-refractivity contribution in [2.24, 2.45) is 7.05 Å². The lowest BCUT2D eigenvalue weighted by Crippen LogP contribution is -2.48. The molecule has 1 N–H and O–H groups in total. The molecule has 0 atom stereocenters. The number of carbonyl (C=O) groups is 1. The van der Waals surface area contributed by atoms with Gasteiger partial charge in [-0.1, -0.05) is 17.8 Å². The summed E-state index contributed by atoms with van der Waals surface area (Å²) in [5, 5.41) is 18.3. The third kappa shape index (κ3) is 4.26.